The Hall–Kier alpha value is -0.570. The molecule has 2 nitrogen and oxygen atoms in total. The van der Waals surface area contributed by atoms with Gasteiger partial charge in [0.15, 0.2) is 0 Å². The van der Waals surface area contributed by atoms with Crippen molar-refractivity contribution in [2.45, 2.75) is 39.7 Å². The molecule has 0 fully saturated rings. The van der Waals surface area contributed by atoms with Crippen LogP contribution in [0.1, 0.15) is 45.2 Å². The summed E-state index contributed by atoms with van der Waals surface area (Å²) in [4.78, 5) is 2.41. The van der Waals surface area contributed by atoms with Crippen molar-refractivity contribution < 1.29 is 0 Å². The molecule has 1 aromatic rings. The minimum absolute atomic E-state index is 0.441. The highest BCUT2D eigenvalue weighted by Crippen LogP contribution is 2.20. The molecule has 0 spiro atoms. The highest BCUT2D eigenvalue weighted by Gasteiger charge is 2.10. The zero-order chi connectivity index (χ0) is 15.0. The lowest BCUT2D eigenvalue weighted by atomic mass is 10.1. The third-order valence-corrected chi connectivity index (χ3v) is 3.93. The van der Waals surface area contributed by atoms with Gasteiger partial charge in [0, 0.05) is 11.1 Å². The van der Waals surface area contributed by atoms with E-state index in [4.69, 9.17) is 11.6 Å². The predicted molar refractivity (Wildman–Crippen MR) is 89.4 cm³/mol. The molecular weight excluding hydrogens is 268 g/mol. The minimum atomic E-state index is 0.441. The van der Waals surface area contributed by atoms with Gasteiger partial charge < -0.3 is 5.32 Å². The van der Waals surface area contributed by atoms with Crippen molar-refractivity contribution in [3.63, 3.8) is 0 Å². The molecular formula is C17H29ClN2. The Balaban J connectivity index is 2.21. The Morgan fingerprint density at radius 1 is 1.10 bits per heavy atom. The average Bonchev–Trinajstić information content (AvgIpc) is 2.42. The molecule has 1 atom stereocenters. The van der Waals surface area contributed by atoms with E-state index in [1.165, 1.54) is 18.4 Å². The van der Waals surface area contributed by atoms with Crippen molar-refractivity contribution in [2.24, 2.45) is 5.92 Å². The maximum absolute atomic E-state index is 5.93. The number of nitrogens with zero attached hydrogens (tertiary/aromatic N) is 1. The highest BCUT2D eigenvalue weighted by molar-refractivity contribution is 6.30. The molecule has 1 unspecified atom stereocenters. The van der Waals surface area contributed by atoms with Gasteiger partial charge in [-0.3, -0.25) is 4.90 Å². The Morgan fingerprint density at radius 3 is 2.35 bits per heavy atom. The van der Waals surface area contributed by atoms with Crippen molar-refractivity contribution in [3.8, 4) is 0 Å². The largest absolute Gasteiger partial charge is 0.316 e. The summed E-state index contributed by atoms with van der Waals surface area (Å²) in [5, 5.41) is 4.30. The summed E-state index contributed by atoms with van der Waals surface area (Å²) in [5.74, 6) is 0.739. The SMILES string of the molecule is CC(C)CNCCCCN(C)C(C)c1ccc(Cl)cc1. The number of halogens is 1. The summed E-state index contributed by atoms with van der Waals surface area (Å²) in [6.45, 7) is 10.1. The zero-order valence-corrected chi connectivity index (χ0v) is 14.1. The van der Waals surface area contributed by atoms with Crippen LogP contribution < -0.4 is 5.32 Å². The van der Waals surface area contributed by atoms with E-state index in [0.29, 0.717) is 6.04 Å². The van der Waals surface area contributed by atoms with Crippen molar-refractivity contribution >= 4 is 11.6 Å². The van der Waals surface area contributed by atoms with Gasteiger partial charge in [-0.05, 0) is 70.1 Å². The molecule has 1 rings (SSSR count). The summed E-state index contributed by atoms with van der Waals surface area (Å²) < 4.78 is 0. The summed E-state index contributed by atoms with van der Waals surface area (Å²) in [6, 6.07) is 8.62. The second-order valence-electron chi connectivity index (χ2n) is 6.01. The quantitative estimate of drug-likeness (QED) is 0.681. The van der Waals surface area contributed by atoms with E-state index < -0.39 is 0 Å². The van der Waals surface area contributed by atoms with Crippen LogP contribution in [0.15, 0.2) is 24.3 Å². The summed E-state index contributed by atoms with van der Waals surface area (Å²) in [5.41, 5.74) is 1.33. The van der Waals surface area contributed by atoms with Crippen LogP contribution in [0, 0.1) is 5.92 Å². The lowest BCUT2D eigenvalue weighted by Crippen LogP contribution is -2.25. The first-order valence-corrected chi connectivity index (χ1v) is 8.05. The van der Waals surface area contributed by atoms with E-state index in [1.54, 1.807) is 0 Å². The van der Waals surface area contributed by atoms with E-state index in [1.807, 2.05) is 12.1 Å². The van der Waals surface area contributed by atoms with Crippen molar-refractivity contribution in [3.05, 3.63) is 34.9 Å². The minimum Gasteiger partial charge on any atom is -0.316 e. The van der Waals surface area contributed by atoms with Gasteiger partial charge in [0.2, 0.25) is 0 Å². The molecule has 0 aliphatic carbocycles. The van der Waals surface area contributed by atoms with Crippen molar-refractivity contribution in [1.82, 2.24) is 10.2 Å². The van der Waals surface area contributed by atoms with E-state index in [2.05, 4.69) is 50.2 Å². The van der Waals surface area contributed by atoms with Crippen LogP contribution in [-0.4, -0.2) is 31.6 Å². The lowest BCUT2D eigenvalue weighted by Gasteiger charge is -2.25. The molecule has 3 heteroatoms. The normalized spacial score (nSPS) is 13.2. The first-order valence-electron chi connectivity index (χ1n) is 7.67. The Kier molecular flexibility index (Phi) is 8.20. The molecule has 0 saturated heterocycles. The molecule has 0 radical (unpaired) electrons. The molecule has 1 aromatic carbocycles. The number of unbranched alkanes of at least 4 members (excludes halogenated alkanes) is 1. The average molecular weight is 297 g/mol. The molecule has 114 valence electrons. The second-order valence-corrected chi connectivity index (χ2v) is 6.45. The summed E-state index contributed by atoms with van der Waals surface area (Å²) in [6.07, 6.45) is 2.48. The van der Waals surface area contributed by atoms with E-state index in [0.717, 1.165) is 30.6 Å². The number of nitrogens with one attached hydrogen (secondary N) is 1. The standard InChI is InChI=1S/C17H29ClN2/c1-14(2)13-19-11-5-6-12-20(4)15(3)16-7-9-17(18)10-8-16/h7-10,14-15,19H,5-6,11-13H2,1-4H3. The van der Waals surface area contributed by atoms with Gasteiger partial charge in [0.05, 0.1) is 0 Å². The monoisotopic (exact) mass is 296 g/mol. The van der Waals surface area contributed by atoms with Gasteiger partial charge in [-0.1, -0.05) is 37.6 Å². The second kappa shape index (κ2) is 9.38. The maximum atomic E-state index is 5.93. The molecule has 0 aromatic heterocycles. The lowest BCUT2D eigenvalue weighted by molar-refractivity contribution is 0.255. The van der Waals surface area contributed by atoms with Crippen LogP contribution in [0.2, 0.25) is 5.02 Å². The highest BCUT2D eigenvalue weighted by atomic mass is 35.5. The van der Waals surface area contributed by atoms with Crippen LogP contribution in [0.4, 0.5) is 0 Å². The number of benzene rings is 1. The van der Waals surface area contributed by atoms with Gasteiger partial charge in [0.25, 0.3) is 0 Å². The Bertz CT molecular complexity index is 362. The molecule has 0 heterocycles. The van der Waals surface area contributed by atoms with Crippen molar-refractivity contribution in [1.29, 1.82) is 0 Å². The topological polar surface area (TPSA) is 15.3 Å². The fourth-order valence-corrected chi connectivity index (χ4v) is 2.32. The number of rotatable bonds is 9. The van der Waals surface area contributed by atoms with Gasteiger partial charge in [-0.15, -0.1) is 0 Å². The molecule has 0 amide bonds. The molecule has 1 N–H and O–H groups in total. The third-order valence-electron chi connectivity index (χ3n) is 3.68. The predicted octanol–water partition coefficient (Wildman–Crippen LogP) is 4.36. The smallest absolute Gasteiger partial charge is 0.0406 e. The first-order chi connectivity index (χ1) is 9.50. The molecule has 0 bridgehead atoms. The van der Waals surface area contributed by atoms with Gasteiger partial charge in [-0.25, -0.2) is 0 Å². The summed E-state index contributed by atoms with van der Waals surface area (Å²) in [7, 11) is 2.20. The van der Waals surface area contributed by atoms with Crippen LogP contribution >= 0.6 is 11.6 Å². The maximum Gasteiger partial charge on any atom is 0.0406 e. The summed E-state index contributed by atoms with van der Waals surface area (Å²) >= 11 is 5.93. The van der Waals surface area contributed by atoms with Gasteiger partial charge in [-0.2, -0.15) is 0 Å². The Morgan fingerprint density at radius 2 is 1.75 bits per heavy atom. The van der Waals surface area contributed by atoms with Crippen LogP contribution in [0.3, 0.4) is 0 Å². The fourth-order valence-electron chi connectivity index (χ4n) is 2.19. The number of hydrogen-bond acceptors (Lipinski definition) is 2. The molecule has 20 heavy (non-hydrogen) atoms. The van der Waals surface area contributed by atoms with Crippen molar-refractivity contribution in [2.75, 3.05) is 26.7 Å². The fraction of sp³-hybridized carbons (Fsp3) is 0.647. The van der Waals surface area contributed by atoms with Crippen LogP contribution in [0.5, 0.6) is 0 Å². The first kappa shape index (κ1) is 17.5. The van der Waals surface area contributed by atoms with E-state index >= 15 is 0 Å². The van der Waals surface area contributed by atoms with Crippen LogP contribution in [0.25, 0.3) is 0 Å². The zero-order valence-electron chi connectivity index (χ0n) is 13.3. The Labute approximate surface area is 129 Å². The van der Waals surface area contributed by atoms with Gasteiger partial charge in [0.1, 0.15) is 0 Å². The molecule has 0 aliphatic heterocycles. The number of hydrogen-bond donors (Lipinski definition) is 1. The molecule has 0 saturated carbocycles. The van der Waals surface area contributed by atoms with E-state index in [9.17, 15) is 0 Å². The molecule has 0 aliphatic rings. The van der Waals surface area contributed by atoms with E-state index in [-0.39, 0.29) is 0 Å². The third kappa shape index (κ3) is 6.74. The van der Waals surface area contributed by atoms with Gasteiger partial charge >= 0.3 is 0 Å². The van der Waals surface area contributed by atoms with Crippen LogP contribution in [-0.2, 0) is 0 Å².